The van der Waals surface area contributed by atoms with E-state index in [4.69, 9.17) is 4.74 Å². The first-order valence-corrected chi connectivity index (χ1v) is 5.35. The Morgan fingerprint density at radius 2 is 2.00 bits per heavy atom. The van der Waals surface area contributed by atoms with Crippen molar-refractivity contribution in [1.29, 1.82) is 0 Å². The van der Waals surface area contributed by atoms with E-state index in [-0.39, 0.29) is 0 Å². The van der Waals surface area contributed by atoms with E-state index < -0.39 is 0 Å². The zero-order valence-electron chi connectivity index (χ0n) is 8.27. The van der Waals surface area contributed by atoms with Crippen molar-refractivity contribution in [2.45, 2.75) is 0 Å². The summed E-state index contributed by atoms with van der Waals surface area (Å²) in [6, 6.07) is 11.8. The van der Waals surface area contributed by atoms with Crippen molar-refractivity contribution >= 4 is 17.6 Å². The summed E-state index contributed by atoms with van der Waals surface area (Å²) in [5.41, 5.74) is 1.72. The van der Waals surface area contributed by atoms with Crippen molar-refractivity contribution in [2.75, 3.05) is 7.11 Å². The second-order valence-electron chi connectivity index (χ2n) is 3.04. The quantitative estimate of drug-likeness (QED) is 0.739. The summed E-state index contributed by atoms with van der Waals surface area (Å²) in [5, 5.41) is 0.670. The fraction of sp³-hybridized carbons (Fsp3) is 0.0833. The molecular weight excluding hydrogens is 208 g/mol. The molecule has 0 saturated heterocycles. The van der Waals surface area contributed by atoms with Gasteiger partial charge in [0, 0.05) is 4.88 Å². The van der Waals surface area contributed by atoms with Gasteiger partial charge in [-0.05, 0) is 11.6 Å². The molecule has 76 valence electrons. The predicted molar refractivity (Wildman–Crippen MR) is 61.7 cm³/mol. The highest BCUT2D eigenvalue weighted by Crippen LogP contribution is 2.35. The zero-order valence-corrected chi connectivity index (χ0v) is 9.08. The van der Waals surface area contributed by atoms with Crippen molar-refractivity contribution < 1.29 is 9.53 Å². The van der Waals surface area contributed by atoms with Gasteiger partial charge in [0.15, 0.2) is 11.3 Å². The number of carbonyl (C=O) groups excluding carboxylic acids is 1. The third-order valence-corrected chi connectivity index (χ3v) is 3.26. The Morgan fingerprint density at radius 3 is 2.53 bits per heavy atom. The van der Waals surface area contributed by atoms with Crippen molar-refractivity contribution in [2.24, 2.45) is 0 Å². The van der Waals surface area contributed by atoms with E-state index in [1.54, 1.807) is 7.11 Å². The van der Waals surface area contributed by atoms with Crippen molar-refractivity contribution in [3.05, 3.63) is 42.0 Å². The van der Waals surface area contributed by atoms with Gasteiger partial charge in [-0.2, -0.15) is 0 Å². The van der Waals surface area contributed by atoms with Crippen LogP contribution in [-0.2, 0) is 0 Å². The average Bonchev–Trinajstić information content (AvgIpc) is 2.73. The molecule has 0 radical (unpaired) electrons. The van der Waals surface area contributed by atoms with Gasteiger partial charge in [0.2, 0.25) is 0 Å². The first-order valence-electron chi connectivity index (χ1n) is 4.53. The summed E-state index contributed by atoms with van der Waals surface area (Å²) in [7, 11) is 1.58. The van der Waals surface area contributed by atoms with Crippen LogP contribution in [0.4, 0.5) is 0 Å². The molecule has 0 N–H and O–H groups in total. The number of hydrogen-bond acceptors (Lipinski definition) is 3. The van der Waals surface area contributed by atoms with Crippen LogP contribution in [0.5, 0.6) is 5.06 Å². The van der Waals surface area contributed by atoms with E-state index in [1.807, 2.05) is 36.4 Å². The fourth-order valence-corrected chi connectivity index (χ4v) is 2.32. The molecule has 1 aromatic carbocycles. The lowest BCUT2D eigenvalue weighted by Gasteiger charge is -1.94. The molecule has 0 atom stereocenters. The normalized spacial score (nSPS) is 9.93. The number of hydrogen-bond donors (Lipinski definition) is 0. The predicted octanol–water partition coefficient (Wildman–Crippen LogP) is 3.24. The largest absolute Gasteiger partial charge is 0.487 e. The molecule has 2 rings (SSSR count). The SMILES string of the molecule is COc1sc(-c2ccccc2)cc1C=O. The zero-order chi connectivity index (χ0) is 10.7. The minimum atomic E-state index is 0.612. The molecule has 2 aromatic rings. The van der Waals surface area contributed by atoms with E-state index in [1.165, 1.54) is 11.3 Å². The van der Waals surface area contributed by atoms with Gasteiger partial charge in [-0.15, -0.1) is 0 Å². The van der Waals surface area contributed by atoms with Crippen LogP contribution in [0.3, 0.4) is 0 Å². The van der Waals surface area contributed by atoms with E-state index in [2.05, 4.69) is 0 Å². The van der Waals surface area contributed by atoms with Crippen LogP contribution in [0, 0.1) is 0 Å². The molecular formula is C12H10O2S. The van der Waals surface area contributed by atoms with E-state index in [9.17, 15) is 4.79 Å². The van der Waals surface area contributed by atoms with Gasteiger partial charge in [0.25, 0.3) is 0 Å². The van der Waals surface area contributed by atoms with Gasteiger partial charge in [-0.1, -0.05) is 41.7 Å². The van der Waals surface area contributed by atoms with Crippen molar-refractivity contribution in [3.8, 4) is 15.5 Å². The molecule has 0 aliphatic heterocycles. The van der Waals surface area contributed by atoms with Crippen LogP contribution in [-0.4, -0.2) is 13.4 Å². The lowest BCUT2D eigenvalue weighted by Crippen LogP contribution is -1.82. The molecule has 15 heavy (non-hydrogen) atoms. The van der Waals surface area contributed by atoms with Gasteiger partial charge in [0.1, 0.15) is 0 Å². The number of benzene rings is 1. The Morgan fingerprint density at radius 1 is 1.27 bits per heavy atom. The number of methoxy groups -OCH3 is 1. The van der Waals surface area contributed by atoms with Crippen LogP contribution in [0.2, 0.25) is 0 Å². The molecule has 0 amide bonds. The minimum absolute atomic E-state index is 0.612. The number of carbonyl (C=O) groups is 1. The molecule has 2 nitrogen and oxygen atoms in total. The second-order valence-corrected chi connectivity index (χ2v) is 4.06. The number of aldehydes is 1. The third-order valence-electron chi connectivity index (χ3n) is 2.10. The first-order chi connectivity index (χ1) is 7.35. The smallest absolute Gasteiger partial charge is 0.184 e. The lowest BCUT2D eigenvalue weighted by atomic mass is 10.2. The van der Waals surface area contributed by atoms with E-state index in [0.29, 0.717) is 10.6 Å². The second kappa shape index (κ2) is 4.28. The summed E-state index contributed by atoms with van der Waals surface area (Å²) < 4.78 is 5.13. The Labute approximate surface area is 92.1 Å². The highest BCUT2D eigenvalue weighted by molar-refractivity contribution is 7.17. The monoisotopic (exact) mass is 218 g/mol. The lowest BCUT2D eigenvalue weighted by molar-refractivity contribution is 0.112. The average molecular weight is 218 g/mol. The number of thiophene rings is 1. The minimum Gasteiger partial charge on any atom is -0.487 e. The molecule has 0 bridgehead atoms. The summed E-state index contributed by atoms with van der Waals surface area (Å²) in [5.74, 6) is 0. The van der Waals surface area contributed by atoms with Gasteiger partial charge < -0.3 is 4.74 Å². The van der Waals surface area contributed by atoms with Gasteiger partial charge in [0.05, 0.1) is 12.7 Å². The Hall–Kier alpha value is -1.61. The maximum atomic E-state index is 10.8. The number of rotatable bonds is 3. The summed E-state index contributed by atoms with van der Waals surface area (Å²) in [6.45, 7) is 0. The molecule has 0 fully saturated rings. The third kappa shape index (κ3) is 1.92. The molecule has 0 aliphatic carbocycles. The Balaban J connectivity index is 2.46. The molecule has 0 saturated carbocycles. The standard InChI is InChI=1S/C12H10O2S/c1-14-12-10(8-13)7-11(15-12)9-5-3-2-4-6-9/h2-8H,1H3. The van der Waals surface area contributed by atoms with E-state index in [0.717, 1.165) is 16.7 Å². The van der Waals surface area contributed by atoms with Crippen LogP contribution in [0.25, 0.3) is 10.4 Å². The van der Waals surface area contributed by atoms with Gasteiger partial charge in [-0.25, -0.2) is 0 Å². The maximum absolute atomic E-state index is 10.8. The highest BCUT2D eigenvalue weighted by atomic mass is 32.1. The first kappa shape index (κ1) is 9.93. The molecule has 0 spiro atoms. The summed E-state index contributed by atoms with van der Waals surface area (Å²) >= 11 is 1.48. The van der Waals surface area contributed by atoms with Crippen molar-refractivity contribution in [3.63, 3.8) is 0 Å². The highest BCUT2D eigenvalue weighted by Gasteiger charge is 2.09. The van der Waals surface area contributed by atoms with Gasteiger partial charge in [-0.3, -0.25) is 4.79 Å². The fourth-order valence-electron chi connectivity index (χ4n) is 1.37. The molecule has 0 unspecified atom stereocenters. The van der Waals surface area contributed by atoms with Crippen LogP contribution >= 0.6 is 11.3 Å². The molecule has 1 heterocycles. The van der Waals surface area contributed by atoms with Crippen LogP contribution < -0.4 is 4.74 Å². The molecule has 3 heteroatoms. The van der Waals surface area contributed by atoms with Crippen LogP contribution in [0.15, 0.2) is 36.4 Å². The summed E-state index contributed by atoms with van der Waals surface area (Å²) in [6.07, 6.45) is 0.821. The summed E-state index contributed by atoms with van der Waals surface area (Å²) in [4.78, 5) is 11.8. The Kier molecular flexibility index (Phi) is 2.83. The van der Waals surface area contributed by atoms with Crippen LogP contribution in [0.1, 0.15) is 10.4 Å². The topological polar surface area (TPSA) is 26.3 Å². The Bertz CT molecular complexity index is 460. The van der Waals surface area contributed by atoms with Gasteiger partial charge >= 0.3 is 0 Å². The van der Waals surface area contributed by atoms with Crippen molar-refractivity contribution in [1.82, 2.24) is 0 Å². The maximum Gasteiger partial charge on any atom is 0.184 e. The molecule has 0 aliphatic rings. The number of ether oxygens (including phenoxy) is 1. The van der Waals surface area contributed by atoms with E-state index >= 15 is 0 Å². The molecule has 1 aromatic heterocycles.